The molecule has 6 heteroatoms. The molecule has 126 valence electrons. The lowest BCUT2D eigenvalue weighted by atomic mass is 10.2. The molecule has 0 amide bonds. The largest absolute Gasteiger partial charge is 0.366 e. The van der Waals surface area contributed by atoms with Crippen molar-refractivity contribution < 1.29 is 0 Å². The van der Waals surface area contributed by atoms with Crippen LogP contribution in [0.15, 0.2) is 79.5 Å². The fourth-order valence-electron chi connectivity index (χ4n) is 2.51. The molecule has 0 saturated carbocycles. The van der Waals surface area contributed by atoms with Gasteiger partial charge >= 0.3 is 0 Å². The molecule has 4 aromatic rings. The van der Waals surface area contributed by atoms with E-state index in [4.69, 9.17) is 0 Å². The van der Waals surface area contributed by atoms with Gasteiger partial charge in [0.25, 0.3) is 0 Å². The molecule has 0 saturated heterocycles. The first kappa shape index (κ1) is 15.8. The molecule has 0 aliphatic heterocycles. The van der Waals surface area contributed by atoms with E-state index >= 15 is 0 Å². The Bertz CT molecular complexity index is 917. The third-order valence-electron chi connectivity index (χ3n) is 3.82. The van der Waals surface area contributed by atoms with Gasteiger partial charge in [0.1, 0.15) is 11.5 Å². The Morgan fingerprint density at radius 3 is 2.23 bits per heavy atom. The third-order valence-corrected chi connectivity index (χ3v) is 3.82. The zero-order valence-electron chi connectivity index (χ0n) is 13.9. The van der Waals surface area contributed by atoms with E-state index in [1.165, 1.54) is 0 Å². The summed E-state index contributed by atoms with van der Waals surface area (Å²) in [4.78, 5) is 21.8. The highest BCUT2D eigenvalue weighted by molar-refractivity contribution is 5.65. The van der Waals surface area contributed by atoms with E-state index in [1.807, 2.05) is 48.5 Å². The zero-order chi connectivity index (χ0) is 17.6. The van der Waals surface area contributed by atoms with E-state index in [2.05, 4.69) is 30.2 Å². The molecular formula is C20H16N6. The molecule has 0 spiro atoms. The average Bonchev–Trinajstić information content (AvgIpc) is 2.74. The second-order valence-corrected chi connectivity index (χ2v) is 5.62. The molecule has 4 aromatic heterocycles. The minimum atomic E-state index is 0.581. The second-order valence-electron chi connectivity index (χ2n) is 5.62. The topological polar surface area (TPSA) is 76.5 Å². The van der Waals surface area contributed by atoms with Crippen LogP contribution >= 0.6 is 0 Å². The first-order chi connectivity index (χ1) is 12.9. The van der Waals surface area contributed by atoms with Gasteiger partial charge in [-0.15, -0.1) is 0 Å². The lowest BCUT2D eigenvalue weighted by Crippen LogP contribution is -2.04. The summed E-state index contributed by atoms with van der Waals surface area (Å²) in [5, 5.41) is 3.36. The van der Waals surface area contributed by atoms with E-state index in [0.717, 1.165) is 28.3 Å². The van der Waals surface area contributed by atoms with Crippen LogP contribution in [0.25, 0.3) is 22.8 Å². The van der Waals surface area contributed by atoms with Crippen molar-refractivity contribution in [3.63, 3.8) is 0 Å². The van der Waals surface area contributed by atoms with Crippen LogP contribution in [0.2, 0.25) is 0 Å². The minimum Gasteiger partial charge on any atom is -0.366 e. The summed E-state index contributed by atoms with van der Waals surface area (Å²) < 4.78 is 0. The summed E-state index contributed by atoms with van der Waals surface area (Å²) in [6.07, 6.45) is 8.79. The molecule has 6 nitrogen and oxygen atoms in total. The number of nitrogens with zero attached hydrogens (tertiary/aromatic N) is 5. The van der Waals surface area contributed by atoms with Crippen molar-refractivity contribution in [3.05, 3.63) is 85.1 Å². The summed E-state index contributed by atoms with van der Waals surface area (Å²) in [6.45, 7) is 0.650. The molecule has 0 fully saturated rings. The van der Waals surface area contributed by atoms with Crippen LogP contribution in [-0.4, -0.2) is 24.9 Å². The minimum absolute atomic E-state index is 0.581. The Labute approximate surface area is 151 Å². The van der Waals surface area contributed by atoms with Crippen LogP contribution < -0.4 is 5.32 Å². The van der Waals surface area contributed by atoms with E-state index in [-0.39, 0.29) is 0 Å². The fourth-order valence-corrected chi connectivity index (χ4v) is 2.51. The molecule has 4 rings (SSSR count). The predicted octanol–water partition coefficient (Wildman–Crippen LogP) is 3.61. The molecule has 0 aliphatic rings. The molecular weight excluding hydrogens is 324 g/mol. The Morgan fingerprint density at radius 1 is 0.731 bits per heavy atom. The van der Waals surface area contributed by atoms with E-state index in [0.29, 0.717) is 12.4 Å². The maximum absolute atomic E-state index is 4.68. The van der Waals surface area contributed by atoms with Gasteiger partial charge in [-0.1, -0.05) is 6.07 Å². The molecule has 0 atom stereocenters. The number of anilines is 1. The van der Waals surface area contributed by atoms with Gasteiger partial charge in [0, 0.05) is 49.2 Å². The first-order valence-electron chi connectivity index (χ1n) is 8.22. The number of rotatable bonds is 5. The highest BCUT2D eigenvalue weighted by Gasteiger charge is 2.09. The van der Waals surface area contributed by atoms with Gasteiger partial charge in [-0.25, -0.2) is 9.97 Å². The fraction of sp³-hybridized carbons (Fsp3) is 0.0500. The predicted molar refractivity (Wildman–Crippen MR) is 100 cm³/mol. The molecule has 26 heavy (non-hydrogen) atoms. The number of aromatic nitrogens is 5. The normalized spacial score (nSPS) is 10.5. The van der Waals surface area contributed by atoms with Gasteiger partial charge in [-0.3, -0.25) is 15.0 Å². The molecule has 4 heterocycles. The van der Waals surface area contributed by atoms with Crippen LogP contribution in [0.5, 0.6) is 0 Å². The van der Waals surface area contributed by atoms with Gasteiger partial charge < -0.3 is 5.32 Å². The number of hydrogen-bond acceptors (Lipinski definition) is 6. The van der Waals surface area contributed by atoms with Crippen molar-refractivity contribution >= 4 is 5.82 Å². The van der Waals surface area contributed by atoms with E-state index < -0.39 is 0 Å². The molecule has 0 aliphatic carbocycles. The maximum Gasteiger partial charge on any atom is 0.180 e. The smallest absolute Gasteiger partial charge is 0.180 e. The van der Waals surface area contributed by atoms with Crippen molar-refractivity contribution in [2.45, 2.75) is 6.54 Å². The van der Waals surface area contributed by atoms with Crippen molar-refractivity contribution in [2.24, 2.45) is 0 Å². The highest BCUT2D eigenvalue weighted by atomic mass is 15.0. The lowest BCUT2D eigenvalue weighted by molar-refractivity contribution is 1.07. The van der Waals surface area contributed by atoms with Crippen molar-refractivity contribution in [2.75, 3.05) is 5.32 Å². The third kappa shape index (κ3) is 3.70. The van der Waals surface area contributed by atoms with Gasteiger partial charge in [-0.05, 0) is 42.0 Å². The Morgan fingerprint density at radius 2 is 1.50 bits per heavy atom. The van der Waals surface area contributed by atoms with Crippen LogP contribution in [0.4, 0.5) is 5.82 Å². The molecule has 0 unspecified atom stereocenters. The molecule has 0 radical (unpaired) electrons. The maximum atomic E-state index is 4.68. The van der Waals surface area contributed by atoms with Crippen molar-refractivity contribution in [1.29, 1.82) is 0 Å². The van der Waals surface area contributed by atoms with Crippen LogP contribution in [0.1, 0.15) is 5.56 Å². The summed E-state index contributed by atoms with van der Waals surface area (Å²) >= 11 is 0. The standard InChI is InChI=1S/C20H16N6/c1-2-8-23-17(3-1)20-25-18(16-6-11-22-12-7-16)13-19(26-20)24-14-15-4-9-21-10-5-15/h1-13H,14H2,(H,24,25,26). The van der Waals surface area contributed by atoms with Crippen LogP contribution in [0, 0.1) is 0 Å². The van der Waals surface area contributed by atoms with Gasteiger partial charge in [0.15, 0.2) is 5.82 Å². The van der Waals surface area contributed by atoms with Gasteiger partial charge in [0.05, 0.1) is 5.69 Å². The second kappa shape index (κ2) is 7.48. The quantitative estimate of drug-likeness (QED) is 0.598. The monoisotopic (exact) mass is 340 g/mol. The Hall–Kier alpha value is -3.67. The Kier molecular flexibility index (Phi) is 4.56. The van der Waals surface area contributed by atoms with Crippen molar-refractivity contribution in [3.8, 4) is 22.8 Å². The summed E-state index contributed by atoms with van der Waals surface area (Å²) in [5.74, 6) is 1.32. The molecule has 1 N–H and O–H groups in total. The highest BCUT2D eigenvalue weighted by Crippen LogP contribution is 2.23. The Balaban J connectivity index is 1.70. The number of nitrogens with one attached hydrogen (secondary N) is 1. The van der Waals surface area contributed by atoms with E-state index in [9.17, 15) is 0 Å². The molecule has 0 bridgehead atoms. The van der Waals surface area contributed by atoms with Gasteiger partial charge in [0.2, 0.25) is 0 Å². The summed E-state index contributed by atoms with van der Waals surface area (Å²) in [6, 6.07) is 15.4. The SMILES string of the molecule is c1ccc(-c2nc(NCc3ccncc3)cc(-c3ccncc3)n2)nc1. The molecule has 0 aromatic carbocycles. The number of pyridine rings is 3. The van der Waals surface area contributed by atoms with Gasteiger partial charge in [-0.2, -0.15) is 0 Å². The first-order valence-corrected chi connectivity index (χ1v) is 8.22. The lowest BCUT2D eigenvalue weighted by Gasteiger charge is -2.10. The van der Waals surface area contributed by atoms with E-state index in [1.54, 1.807) is 31.0 Å². The number of hydrogen-bond donors (Lipinski definition) is 1. The summed E-state index contributed by atoms with van der Waals surface area (Å²) in [7, 11) is 0. The summed E-state index contributed by atoms with van der Waals surface area (Å²) in [5.41, 5.74) is 3.66. The van der Waals surface area contributed by atoms with Crippen LogP contribution in [-0.2, 0) is 6.54 Å². The zero-order valence-corrected chi connectivity index (χ0v) is 13.9. The average molecular weight is 340 g/mol. The van der Waals surface area contributed by atoms with Crippen LogP contribution in [0.3, 0.4) is 0 Å². The van der Waals surface area contributed by atoms with Crippen molar-refractivity contribution in [1.82, 2.24) is 24.9 Å².